The number of rotatable bonds is 1. The molecule has 2 rings (SSSR count). The molecule has 1 amide bonds. The zero-order valence-corrected chi connectivity index (χ0v) is 12.5. The summed E-state index contributed by atoms with van der Waals surface area (Å²) in [4.78, 5) is 16.7. The molecular weight excluding hydrogens is 292 g/mol. The Morgan fingerprint density at radius 2 is 2.00 bits per heavy atom. The van der Waals surface area contributed by atoms with Crippen LogP contribution in [0.5, 0.6) is 0 Å². The molecule has 1 aromatic rings. The van der Waals surface area contributed by atoms with Crippen LogP contribution in [-0.4, -0.2) is 48.9 Å². The van der Waals surface area contributed by atoms with Crippen LogP contribution in [0.15, 0.2) is 22.7 Å². The van der Waals surface area contributed by atoms with Crippen molar-refractivity contribution >= 4 is 21.8 Å². The van der Waals surface area contributed by atoms with Gasteiger partial charge in [-0.1, -0.05) is 15.9 Å². The van der Waals surface area contributed by atoms with Gasteiger partial charge in [-0.15, -0.1) is 0 Å². The van der Waals surface area contributed by atoms with Gasteiger partial charge >= 0.3 is 0 Å². The highest BCUT2D eigenvalue weighted by molar-refractivity contribution is 9.10. The first-order valence-electron chi connectivity index (χ1n) is 6.32. The van der Waals surface area contributed by atoms with Gasteiger partial charge in [-0.2, -0.15) is 0 Å². The molecule has 1 fully saturated rings. The van der Waals surface area contributed by atoms with Gasteiger partial charge in [-0.25, -0.2) is 0 Å². The van der Waals surface area contributed by atoms with E-state index in [1.807, 2.05) is 30.0 Å². The number of hydrogen-bond donors (Lipinski definition) is 0. The third-order valence-electron chi connectivity index (χ3n) is 3.41. The number of hydrogen-bond acceptors (Lipinski definition) is 2. The zero-order valence-electron chi connectivity index (χ0n) is 10.9. The standard InChI is InChI=1S/C14H19BrN2O/c1-11-10-12(4-5-13(11)15)14(18)17-7-3-6-16(2)8-9-17/h4-5,10H,3,6-9H2,1-2H3. The van der Waals surface area contributed by atoms with Crippen LogP contribution in [0.3, 0.4) is 0 Å². The van der Waals surface area contributed by atoms with E-state index in [1.165, 1.54) is 0 Å². The molecule has 0 radical (unpaired) electrons. The number of amides is 1. The molecule has 0 bridgehead atoms. The Balaban J connectivity index is 2.12. The van der Waals surface area contributed by atoms with Crippen molar-refractivity contribution in [2.24, 2.45) is 0 Å². The lowest BCUT2D eigenvalue weighted by molar-refractivity contribution is 0.0762. The van der Waals surface area contributed by atoms with Gasteiger partial charge in [0, 0.05) is 29.7 Å². The predicted molar refractivity (Wildman–Crippen MR) is 76.9 cm³/mol. The first-order chi connectivity index (χ1) is 8.58. The van der Waals surface area contributed by atoms with Crippen LogP contribution in [0.25, 0.3) is 0 Å². The van der Waals surface area contributed by atoms with Crippen molar-refractivity contribution in [1.82, 2.24) is 9.80 Å². The lowest BCUT2D eigenvalue weighted by atomic mass is 10.1. The summed E-state index contributed by atoms with van der Waals surface area (Å²) >= 11 is 3.46. The Labute approximate surface area is 117 Å². The summed E-state index contributed by atoms with van der Waals surface area (Å²) in [6.45, 7) is 5.73. The minimum absolute atomic E-state index is 0.154. The monoisotopic (exact) mass is 310 g/mol. The average molecular weight is 311 g/mol. The Morgan fingerprint density at radius 1 is 1.22 bits per heavy atom. The number of carbonyl (C=O) groups is 1. The summed E-state index contributed by atoms with van der Waals surface area (Å²) in [6, 6.07) is 5.81. The molecule has 1 aliphatic rings. The summed E-state index contributed by atoms with van der Waals surface area (Å²) in [7, 11) is 2.11. The normalized spacial score (nSPS) is 17.6. The highest BCUT2D eigenvalue weighted by Gasteiger charge is 2.19. The maximum absolute atomic E-state index is 12.4. The van der Waals surface area contributed by atoms with Crippen LogP contribution in [0.2, 0.25) is 0 Å². The Kier molecular flexibility index (Phi) is 4.40. The zero-order chi connectivity index (χ0) is 13.1. The Bertz CT molecular complexity index is 447. The summed E-state index contributed by atoms with van der Waals surface area (Å²) in [6.07, 6.45) is 1.05. The SMILES string of the molecule is Cc1cc(C(=O)N2CCCN(C)CC2)ccc1Br. The van der Waals surface area contributed by atoms with Crippen LogP contribution >= 0.6 is 15.9 Å². The minimum atomic E-state index is 0.154. The summed E-state index contributed by atoms with van der Waals surface area (Å²) in [5.41, 5.74) is 1.90. The number of nitrogens with zero attached hydrogens (tertiary/aromatic N) is 2. The first-order valence-corrected chi connectivity index (χ1v) is 7.11. The van der Waals surface area contributed by atoms with Gasteiger partial charge in [0.15, 0.2) is 0 Å². The van der Waals surface area contributed by atoms with Gasteiger partial charge in [0.1, 0.15) is 0 Å². The maximum atomic E-state index is 12.4. The molecule has 98 valence electrons. The van der Waals surface area contributed by atoms with E-state index in [0.717, 1.165) is 48.2 Å². The van der Waals surface area contributed by atoms with Crippen LogP contribution in [0, 0.1) is 6.92 Å². The fourth-order valence-corrected chi connectivity index (χ4v) is 2.46. The fourth-order valence-electron chi connectivity index (χ4n) is 2.21. The highest BCUT2D eigenvalue weighted by Crippen LogP contribution is 2.18. The summed E-state index contributed by atoms with van der Waals surface area (Å²) < 4.78 is 1.05. The molecule has 1 saturated heterocycles. The molecule has 1 aliphatic heterocycles. The van der Waals surface area contributed by atoms with E-state index in [1.54, 1.807) is 0 Å². The van der Waals surface area contributed by atoms with Crippen LogP contribution in [0.4, 0.5) is 0 Å². The van der Waals surface area contributed by atoms with E-state index in [2.05, 4.69) is 27.9 Å². The van der Waals surface area contributed by atoms with Crippen molar-refractivity contribution in [2.45, 2.75) is 13.3 Å². The van der Waals surface area contributed by atoms with Crippen molar-refractivity contribution < 1.29 is 4.79 Å². The summed E-state index contributed by atoms with van der Waals surface area (Å²) in [5, 5.41) is 0. The molecule has 0 atom stereocenters. The molecule has 1 heterocycles. The van der Waals surface area contributed by atoms with Crippen molar-refractivity contribution in [3.63, 3.8) is 0 Å². The number of aryl methyl sites for hydroxylation is 1. The lowest BCUT2D eigenvalue weighted by Gasteiger charge is -2.20. The second-order valence-corrected chi connectivity index (χ2v) is 5.77. The molecule has 3 nitrogen and oxygen atoms in total. The van der Waals surface area contributed by atoms with Crippen molar-refractivity contribution in [3.8, 4) is 0 Å². The van der Waals surface area contributed by atoms with Crippen molar-refractivity contribution in [1.29, 1.82) is 0 Å². The minimum Gasteiger partial charge on any atom is -0.337 e. The van der Waals surface area contributed by atoms with E-state index in [4.69, 9.17) is 0 Å². The number of likely N-dealkylation sites (N-methyl/N-ethyl adjacent to an activating group) is 1. The van der Waals surface area contributed by atoms with E-state index in [-0.39, 0.29) is 5.91 Å². The molecule has 0 spiro atoms. The van der Waals surface area contributed by atoms with Crippen molar-refractivity contribution in [3.05, 3.63) is 33.8 Å². The predicted octanol–water partition coefficient (Wildman–Crippen LogP) is 2.54. The van der Waals surface area contributed by atoms with E-state index < -0.39 is 0 Å². The Hall–Kier alpha value is -0.870. The highest BCUT2D eigenvalue weighted by atomic mass is 79.9. The molecule has 18 heavy (non-hydrogen) atoms. The van der Waals surface area contributed by atoms with Gasteiger partial charge in [0.25, 0.3) is 5.91 Å². The molecule has 0 aromatic heterocycles. The second-order valence-electron chi connectivity index (χ2n) is 4.91. The number of benzene rings is 1. The molecule has 1 aromatic carbocycles. The molecule has 0 aliphatic carbocycles. The second kappa shape index (κ2) is 5.85. The van der Waals surface area contributed by atoms with E-state index in [9.17, 15) is 4.79 Å². The third kappa shape index (κ3) is 3.12. The van der Waals surface area contributed by atoms with E-state index >= 15 is 0 Å². The summed E-state index contributed by atoms with van der Waals surface area (Å²) in [5.74, 6) is 0.154. The van der Waals surface area contributed by atoms with E-state index in [0.29, 0.717) is 0 Å². The largest absolute Gasteiger partial charge is 0.337 e. The number of halogens is 1. The average Bonchev–Trinajstić information content (AvgIpc) is 2.57. The van der Waals surface area contributed by atoms with Gasteiger partial charge in [-0.05, 0) is 50.7 Å². The molecule has 0 N–H and O–H groups in total. The van der Waals surface area contributed by atoms with Gasteiger partial charge in [-0.3, -0.25) is 4.79 Å². The third-order valence-corrected chi connectivity index (χ3v) is 4.30. The molecule has 0 unspecified atom stereocenters. The Morgan fingerprint density at radius 3 is 2.72 bits per heavy atom. The van der Waals surface area contributed by atoms with Crippen LogP contribution in [0.1, 0.15) is 22.3 Å². The smallest absolute Gasteiger partial charge is 0.253 e. The van der Waals surface area contributed by atoms with Crippen LogP contribution < -0.4 is 0 Å². The van der Waals surface area contributed by atoms with Gasteiger partial charge in [0.05, 0.1) is 0 Å². The molecule has 4 heteroatoms. The van der Waals surface area contributed by atoms with Crippen LogP contribution in [-0.2, 0) is 0 Å². The molecular formula is C14H19BrN2O. The maximum Gasteiger partial charge on any atom is 0.253 e. The molecule has 0 saturated carbocycles. The van der Waals surface area contributed by atoms with Gasteiger partial charge < -0.3 is 9.80 Å². The van der Waals surface area contributed by atoms with Gasteiger partial charge in [0.2, 0.25) is 0 Å². The number of carbonyl (C=O) groups excluding carboxylic acids is 1. The lowest BCUT2D eigenvalue weighted by Crippen LogP contribution is -2.34. The topological polar surface area (TPSA) is 23.6 Å². The first kappa shape index (κ1) is 13.6. The fraction of sp³-hybridized carbons (Fsp3) is 0.500. The quantitative estimate of drug-likeness (QED) is 0.796. The van der Waals surface area contributed by atoms with Crippen molar-refractivity contribution in [2.75, 3.05) is 33.2 Å².